The Kier molecular flexibility index (Phi) is 4.89. The van der Waals surface area contributed by atoms with Crippen LogP contribution in [0.4, 0.5) is 0 Å². The van der Waals surface area contributed by atoms with Crippen molar-refractivity contribution in [2.24, 2.45) is 0 Å². The van der Waals surface area contributed by atoms with Crippen LogP contribution in [0, 0.1) is 0 Å². The Hall–Kier alpha value is -2.41. The number of fused-ring (bicyclic) bond motifs is 1. The molecule has 1 amide bonds. The van der Waals surface area contributed by atoms with Crippen molar-refractivity contribution in [2.75, 3.05) is 26.8 Å². The topological polar surface area (TPSA) is 84.1 Å². The lowest BCUT2D eigenvalue weighted by atomic mass is 10.3. The van der Waals surface area contributed by atoms with E-state index in [2.05, 4.69) is 4.98 Å². The summed E-state index contributed by atoms with van der Waals surface area (Å²) in [5.41, 5.74) is 1.36. The number of hydrogen-bond donors (Lipinski definition) is 1. The fourth-order valence-electron chi connectivity index (χ4n) is 2.00. The second-order valence-corrected chi connectivity index (χ2v) is 4.58. The molecule has 2 aromatic rings. The van der Waals surface area contributed by atoms with Crippen molar-refractivity contribution < 1.29 is 19.4 Å². The van der Waals surface area contributed by atoms with Gasteiger partial charge in [-0.15, -0.1) is 0 Å². The highest BCUT2D eigenvalue weighted by atomic mass is 16.5. The summed E-state index contributed by atoms with van der Waals surface area (Å²) in [5, 5.41) is 8.86. The maximum absolute atomic E-state index is 12.2. The normalized spacial score (nSPS) is 10.7. The largest absolute Gasteiger partial charge is 0.480 e. The van der Waals surface area contributed by atoms with Crippen LogP contribution < -0.4 is 0 Å². The molecule has 0 radical (unpaired) electrons. The lowest BCUT2D eigenvalue weighted by Gasteiger charge is -2.19. The van der Waals surface area contributed by atoms with Gasteiger partial charge >= 0.3 is 5.97 Å². The van der Waals surface area contributed by atoms with E-state index in [0.717, 1.165) is 5.65 Å². The highest BCUT2D eigenvalue weighted by Gasteiger charge is 2.18. The minimum absolute atomic E-state index is 0.0681. The van der Waals surface area contributed by atoms with Crippen molar-refractivity contribution in [1.29, 1.82) is 0 Å². The number of aromatic nitrogens is 2. The molecule has 2 rings (SSSR count). The molecule has 0 fully saturated rings. The van der Waals surface area contributed by atoms with E-state index < -0.39 is 5.97 Å². The Labute approximate surface area is 121 Å². The molecule has 112 valence electrons. The number of rotatable bonds is 7. The molecule has 0 unspecified atom stereocenters. The summed E-state index contributed by atoms with van der Waals surface area (Å²) >= 11 is 0. The van der Waals surface area contributed by atoms with E-state index in [1.165, 1.54) is 12.0 Å². The number of carboxylic acids is 1. The zero-order valence-corrected chi connectivity index (χ0v) is 11.7. The smallest absolute Gasteiger partial charge is 0.323 e. The number of imidazole rings is 1. The van der Waals surface area contributed by atoms with Gasteiger partial charge in [-0.2, -0.15) is 0 Å². The molecule has 7 nitrogen and oxygen atoms in total. The van der Waals surface area contributed by atoms with E-state index >= 15 is 0 Å². The molecule has 0 saturated carbocycles. The van der Waals surface area contributed by atoms with Crippen LogP contribution in [-0.2, 0) is 20.7 Å². The van der Waals surface area contributed by atoms with E-state index in [-0.39, 0.29) is 25.4 Å². The molecule has 0 saturated heterocycles. The molecular formula is C14H17N3O4. The monoisotopic (exact) mass is 291 g/mol. The van der Waals surface area contributed by atoms with Crippen molar-refractivity contribution in [3.8, 4) is 0 Å². The third-order valence-electron chi connectivity index (χ3n) is 2.99. The molecule has 7 heteroatoms. The third kappa shape index (κ3) is 4.03. The van der Waals surface area contributed by atoms with Gasteiger partial charge in [-0.3, -0.25) is 9.59 Å². The molecule has 0 aromatic carbocycles. The highest BCUT2D eigenvalue weighted by molar-refractivity contribution is 5.82. The Morgan fingerprint density at radius 2 is 2.24 bits per heavy atom. The average Bonchev–Trinajstić information content (AvgIpc) is 2.85. The molecule has 0 spiro atoms. The number of pyridine rings is 1. The van der Waals surface area contributed by atoms with Crippen molar-refractivity contribution >= 4 is 17.5 Å². The first-order valence-electron chi connectivity index (χ1n) is 6.51. The molecule has 0 atom stereocenters. The summed E-state index contributed by atoms with van der Waals surface area (Å²) < 4.78 is 6.71. The summed E-state index contributed by atoms with van der Waals surface area (Å²) in [6.07, 6.45) is 3.68. The van der Waals surface area contributed by atoms with Crippen LogP contribution in [0.1, 0.15) is 5.69 Å². The SMILES string of the molecule is COCCN(CC(=O)O)C(=O)Cc1cn2ccccc2n1. The summed E-state index contributed by atoms with van der Waals surface area (Å²) in [7, 11) is 1.51. The number of amides is 1. The Morgan fingerprint density at radius 1 is 1.43 bits per heavy atom. The molecule has 0 aliphatic heterocycles. The maximum atomic E-state index is 12.2. The van der Waals surface area contributed by atoms with Gasteiger partial charge < -0.3 is 19.1 Å². The van der Waals surface area contributed by atoms with Crippen LogP contribution in [0.5, 0.6) is 0 Å². The lowest BCUT2D eigenvalue weighted by Crippen LogP contribution is -2.38. The molecule has 2 heterocycles. The van der Waals surface area contributed by atoms with Crippen LogP contribution >= 0.6 is 0 Å². The number of ether oxygens (including phenoxy) is 1. The van der Waals surface area contributed by atoms with Crippen LogP contribution in [0.15, 0.2) is 30.6 Å². The molecule has 21 heavy (non-hydrogen) atoms. The van der Waals surface area contributed by atoms with E-state index in [1.54, 1.807) is 6.20 Å². The van der Waals surface area contributed by atoms with Gasteiger partial charge in [0.15, 0.2) is 0 Å². The van der Waals surface area contributed by atoms with Crippen LogP contribution in [0.3, 0.4) is 0 Å². The fraction of sp³-hybridized carbons (Fsp3) is 0.357. The van der Waals surface area contributed by atoms with E-state index in [4.69, 9.17) is 9.84 Å². The van der Waals surface area contributed by atoms with Crippen LogP contribution in [0.2, 0.25) is 0 Å². The quantitative estimate of drug-likeness (QED) is 0.800. The number of aliphatic carboxylic acids is 1. The van der Waals surface area contributed by atoms with Gasteiger partial charge in [0.25, 0.3) is 0 Å². The summed E-state index contributed by atoms with van der Waals surface area (Å²) in [6.45, 7) is 0.203. The first kappa shape index (κ1) is 15.0. The lowest BCUT2D eigenvalue weighted by molar-refractivity contribution is -0.144. The van der Waals surface area contributed by atoms with Crippen LogP contribution in [-0.4, -0.2) is 58.1 Å². The van der Waals surface area contributed by atoms with Gasteiger partial charge in [-0.05, 0) is 12.1 Å². The van der Waals surface area contributed by atoms with Gasteiger partial charge in [0, 0.05) is 26.0 Å². The summed E-state index contributed by atoms with van der Waals surface area (Å²) in [6, 6.07) is 5.58. The third-order valence-corrected chi connectivity index (χ3v) is 2.99. The summed E-state index contributed by atoms with van der Waals surface area (Å²) in [4.78, 5) is 28.6. The minimum atomic E-state index is -1.05. The number of hydrogen-bond acceptors (Lipinski definition) is 4. The Morgan fingerprint density at radius 3 is 2.90 bits per heavy atom. The van der Waals surface area contributed by atoms with E-state index in [1.807, 2.05) is 28.8 Å². The van der Waals surface area contributed by atoms with Gasteiger partial charge in [-0.1, -0.05) is 6.07 Å². The van der Waals surface area contributed by atoms with E-state index in [9.17, 15) is 9.59 Å². The van der Waals surface area contributed by atoms with Crippen molar-refractivity contribution in [3.05, 3.63) is 36.3 Å². The molecular weight excluding hydrogens is 274 g/mol. The number of carboxylic acid groups (broad SMARTS) is 1. The van der Waals surface area contributed by atoms with Gasteiger partial charge in [0.1, 0.15) is 12.2 Å². The molecule has 0 aliphatic carbocycles. The zero-order chi connectivity index (χ0) is 15.2. The van der Waals surface area contributed by atoms with Gasteiger partial charge in [0.2, 0.25) is 5.91 Å². The Balaban J connectivity index is 2.07. The first-order valence-corrected chi connectivity index (χ1v) is 6.51. The number of nitrogens with zero attached hydrogens (tertiary/aromatic N) is 3. The number of methoxy groups -OCH3 is 1. The maximum Gasteiger partial charge on any atom is 0.323 e. The highest BCUT2D eigenvalue weighted by Crippen LogP contribution is 2.06. The molecule has 1 N–H and O–H groups in total. The van der Waals surface area contributed by atoms with Crippen molar-refractivity contribution in [3.63, 3.8) is 0 Å². The van der Waals surface area contributed by atoms with Crippen molar-refractivity contribution in [1.82, 2.24) is 14.3 Å². The molecule has 0 aliphatic rings. The predicted molar refractivity (Wildman–Crippen MR) is 75.0 cm³/mol. The van der Waals surface area contributed by atoms with E-state index in [0.29, 0.717) is 12.3 Å². The summed E-state index contributed by atoms with van der Waals surface area (Å²) in [5.74, 6) is -1.33. The second-order valence-electron chi connectivity index (χ2n) is 4.58. The fourth-order valence-corrected chi connectivity index (χ4v) is 2.00. The first-order chi connectivity index (χ1) is 10.1. The minimum Gasteiger partial charge on any atom is -0.480 e. The number of carbonyl (C=O) groups excluding carboxylic acids is 1. The number of carbonyl (C=O) groups is 2. The van der Waals surface area contributed by atoms with Gasteiger partial charge in [0.05, 0.1) is 18.7 Å². The average molecular weight is 291 g/mol. The second kappa shape index (κ2) is 6.85. The predicted octanol–water partition coefficient (Wildman–Crippen LogP) is 0.436. The standard InChI is InChI=1S/C14H17N3O4/c1-21-7-6-17(10-14(19)20)13(18)8-11-9-16-5-3-2-4-12(16)15-11/h2-5,9H,6-8,10H2,1H3,(H,19,20). The molecule has 2 aromatic heterocycles. The Bertz CT molecular complexity index is 605. The van der Waals surface area contributed by atoms with Crippen molar-refractivity contribution in [2.45, 2.75) is 6.42 Å². The van der Waals surface area contributed by atoms with Gasteiger partial charge in [-0.25, -0.2) is 4.98 Å². The zero-order valence-electron chi connectivity index (χ0n) is 11.7. The molecule has 0 bridgehead atoms. The van der Waals surface area contributed by atoms with Crippen LogP contribution in [0.25, 0.3) is 5.65 Å².